The molecule has 0 saturated carbocycles. The van der Waals surface area contributed by atoms with Gasteiger partial charge in [0.1, 0.15) is 48.3 Å². The lowest BCUT2D eigenvalue weighted by atomic mass is 9.98. The normalized spacial score (nSPS) is 30.5. The number of carbonyl (C=O) groups excluding carboxylic acids is 5. The molecule has 4 heterocycles. The van der Waals surface area contributed by atoms with E-state index in [1.165, 1.54) is 11.8 Å². The number of aryl methyl sites for hydroxylation is 1. The highest BCUT2D eigenvalue weighted by Crippen LogP contribution is 2.30. The van der Waals surface area contributed by atoms with E-state index in [4.69, 9.17) is 4.74 Å². The number of benzene rings is 2. The number of fused-ring (bicyclic) bond motifs is 3. The third-order valence-electron chi connectivity index (χ3n) is 11.7. The van der Waals surface area contributed by atoms with Crippen molar-refractivity contribution in [3.05, 3.63) is 65.2 Å². The molecule has 10 unspecified atom stereocenters. The number of carbonyl (C=O) groups is 5. The molecule has 0 radical (unpaired) electrons. The zero-order valence-corrected chi connectivity index (χ0v) is 33.3. The summed E-state index contributed by atoms with van der Waals surface area (Å²) in [5, 5.41) is 34.6. The average molecular weight is 812 g/mol. The van der Waals surface area contributed by atoms with E-state index in [9.17, 15) is 43.0 Å². The number of hydrogen-bond acceptors (Lipinski definition) is 10. The molecule has 0 aliphatic carbocycles. The van der Waals surface area contributed by atoms with Gasteiger partial charge in [0, 0.05) is 37.8 Å². The van der Waals surface area contributed by atoms with E-state index < -0.39 is 90.3 Å². The van der Waals surface area contributed by atoms with Gasteiger partial charge < -0.3 is 40.7 Å². The van der Waals surface area contributed by atoms with Crippen molar-refractivity contribution >= 4 is 35.4 Å². The topological polar surface area (TPSA) is 193 Å². The lowest BCUT2D eigenvalue weighted by Crippen LogP contribution is -2.65. The highest BCUT2D eigenvalue weighted by atomic mass is 19.1. The van der Waals surface area contributed by atoms with E-state index in [1.54, 1.807) is 41.0 Å². The number of urea groups is 1. The number of amides is 5. The van der Waals surface area contributed by atoms with E-state index in [1.807, 2.05) is 13.8 Å². The summed E-state index contributed by atoms with van der Waals surface area (Å²) in [6.07, 6.45) is -1.42. The minimum atomic E-state index is -1.61. The van der Waals surface area contributed by atoms with E-state index in [0.29, 0.717) is 44.0 Å². The Labute approximate surface area is 336 Å². The number of nitrogens with zero attached hydrogens (tertiary/aromatic N) is 3. The van der Waals surface area contributed by atoms with Crippen LogP contribution in [0.2, 0.25) is 0 Å². The van der Waals surface area contributed by atoms with Crippen LogP contribution < -0.4 is 21.3 Å². The first-order valence-electron chi connectivity index (χ1n) is 20.2. The molecule has 4 aliphatic rings. The molecule has 4 aliphatic heterocycles. The molecule has 58 heavy (non-hydrogen) atoms. The zero-order chi connectivity index (χ0) is 41.8. The van der Waals surface area contributed by atoms with E-state index >= 15 is 0 Å². The smallest absolute Gasteiger partial charge is 0.329 e. The quantitative estimate of drug-likeness (QED) is 0.236. The third-order valence-corrected chi connectivity index (χ3v) is 11.7. The van der Waals surface area contributed by atoms with Crippen LogP contribution in [0.3, 0.4) is 0 Å². The number of piperidine rings is 1. The molecule has 4 saturated heterocycles. The largest absolute Gasteiger partial charge is 0.459 e. The number of ether oxygens (including phenoxy) is 1. The predicted molar refractivity (Wildman–Crippen MR) is 208 cm³/mol. The molecular weight excluding hydrogens is 756 g/mol. The van der Waals surface area contributed by atoms with Crippen LogP contribution >= 0.6 is 0 Å². The van der Waals surface area contributed by atoms with Gasteiger partial charge in [0.15, 0.2) is 0 Å². The Morgan fingerprint density at radius 3 is 2.33 bits per heavy atom. The minimum absolute atomic E-state index is 0.0543. The molecule has 15 nitrogen and oxygen atoms in total. The van der Waals surface area contributed by atoms with Gasteiger partial charge in [-0.15, -0.1) is 0 Å². The summed E-state index contributed by atoms with van der Waals surface area (Å²) in [4.78, 5) is 74.4. The first-order valence-corrected chi connectivity index (χ1v) is 20.2. The molecule has 0 bridgehead atoms. The molecule has 4 fully saturated rings. The van der Waals surface area contributed by atoms with Crippen LogP contribution in [-0.2, 0) is 30.3 Å². The summed E-state index contributed by atoms with van der Waals surface area (Å²) in [7, 11) is 0. The van der Waals surface area contributed by atoms with Crippen LogP contribution in [-0.4, -0.2) is 129 Å². The van der Waals surface area contributed by atoms with Crippen molar-refractivity contribution in [3.8, 4) is 0 Å². The van der Waals surface area contributed by atoms with Crippen LogP contribution in [0.1, 0.15) is 70.4 Å². The standard InChI is InChI=1S/C41H55F2N7O8/c1-22-10-12-29(13-11-22)45-41(57)46-30(19-26-17-27(42)20-28(43)18-26)35(51)47-34-25(4)58-40(56)33-16-23(2)21-50(33)37(53)24(3)44-36(52)31-8-5-6-14-48(31)38(54)32-9-7-15-49(32)39(34)55/h10-13,17-18,20,23-25,30-34,36,39,44,52,55H,5-9,14-16,19,21H2,1-4H3,(H,47,51)(H2,45,46,57). The molecule has 10 atom stereocenters. The number of esters is 1. The fourth-order valence-corrected chi connectivity index (χ4v) is 8.70. The van der Waals surface area contributed by atoms with Gasteiger partial charge in [0.2, 0.25) is 17.7 Å². The van der Waals surface area contributed by atoms with Crippen LogP contribution in [0.4, 0.5) is 19.3 Å². The summed E-state index contributed by atoms with van der Waals surface area (Å²) < 4.78 is 34.6. The Balaban J connectivity index is 1.33. The third kappa shape index (κ3) is 9.93. The van der Waals surface area contributed by atoms with Crippen molar-refractivity contribution in [3.63, 3.8) is 0 Å². The van der Waals surface area contributed by atoms with E-state index in [0.717, 1.165) is 24.1 Å². The summed E-state index contributed by atoms with van der Waals surface area (Å²) in [5.41, 5.74) is 1.42. The van der Waals surface area contributed by atoms with Gasteiger partial charge >= 0.3 is 12.0 Å². The maximum Gasteiger partial charge on any atom is 0.329 e. The van der Waals surface area contributed by atoms with Crippen LogP contribution in [0.5, 0.6) is 0 Å². The maximum atomic E-state index is 14.4. The molecule has 6 N–H and O–H groups in total. The van der Waals surface area contributed by atoms with Crippen LogP contribution in [0.25, 0.3) is 0 Å². The second-order valence-corrected chi connectivity index (χ2v) is 16.3. The number of rotatable bonds is 6. The Morgan fingerprint density at radius 1 is 0.914 bits per heavy atom. The number of anilines is 1. The number of nitrogens with one attached hydrogen (secondary N) is 4. The van der Waals surface area contributed by atoms with Gasteiger partial charge in [-0.05, 0) is 95.0 Å². The Morgan fingerprint density at radius 2 is 1.62 bits per heavy atom. The Kier molecular flexibility index (Phi) is 13.7. The van der Waals surface area contributed by atoms with Gasteiger partial charge in [0.25, 0.3) is 0 Å². The van der Waals surface area contributed by atoms with Crippen molar-refractivity contribution in [2.75, 3.05) is 25.0 Å². The molecule has 316 valence electrons. The van der Waals surface area contributed by atoms with Crippen LogP contribution in [0, 0.1) is 24.5 Å². The highest BCUT2D eigenvalue weighted by molar-refractivity contribution is 5.94. The molecule has 17 heteroatoms. The number of hydrogen-bond donors (Lipinski definition) is 6. The molecule has 0 aromatic heterocycles. The van der Waals surface area contributed by atoms with Crippen molar-refractivity contribution in [1.29, 1.82) is 0 Å². The number of aliphatic hydroxyl groups excluding tert-OH is 2. The van der Waals surface area contributed by atoms with Crippen molar-refractivity contribution in [2.24, 2.45) is 5.92 Å². The predicted octanol–water partition coefficient (Wildman–Crippen LogP) is 2.13. The fourth-order valence-electron chi connectivity index (χ4n) is 8.70. The highest BCUT2D eigenvalue weighted by Gasteiger charge is 2.47. The van der Waals surface area contributed by atoms with Gasteiger partial charge in [-0.2, -0.15) is 0 Å². The number of cyclic esters (lactones) is 1. The molecular formula is C41H55F2N7O8. The van der Waals surface area contributed by atoms with E-state index in [-0.39, 0.29) is 43.3 Å². The molecule has 2 aromatic rings. The first kappa shape index (κ1) is 42.9. The lowest BCUT2D eigenvalue weighted by Gasteiger charge is -2.43. The van der Waals surface area contributed by atoms with Gasteiger partial charge in [-0.1, -0.05) is 24.6 Å². The second kappa shape index (κ2) is 18.5. The summed E-state index contributed by atoms with van der Waals surface area (Å²) in [6.45, 7) is 7.69. The first-order chi connectivity index (χ1) is 27.6. The van der Waals surface area contributed by atoms with Gasteiger partial charge in [0.05, 0.1) is 18.1 Å². The molecule has 6 rings (SSSR count). The summed E-state index contributed by atoms with van der Waals surface area (Å²) in [6, 6.07) is 2.51. The van der Waals surface area contributed by atoms with E-state index in [2.05, 4.69) is 21.3 Å². The Hall–Kier alpha value is -4.71. The monoisotopic (exact) mass is 811 g/mol. The summed E-state index contributed by atoms with van der Waals surface area (Å²) in [5.74, 6) is -4.27. The van der Waals surface area contributed by atoms with Crippen molar-refractivity contribution in [2.45, 2.75) is 127 Å². The molecule has 0 spiro atoms. The van der Waals surface area contributed by atoms with Crippen molar-refractivity contribution in [1.82, 2.24) is 30.7 Å². The van der Waals surface area contributed by atoms with Gasteiger partial charge in [-0.3, -0.25) is 24.6 Å². The molecule has 2 aromatic carbocycles. The fraction of sp³-hybridized carbons (Fsp3) is 0.585. The maximum absolute atomic E-state index is 14.4. The number of aliphatic hydroxyl groups is 2. The Bertz CT molecular complexity index is 1820. The minimum Gasteiger partial charge on any atom is -0.459 e. The van der Waals surface area contributed by atoms with Crippen molar-refractivity contribution < 1.29 is 47.7 Å². The summed E-state index contributed by atoms with van der Waals surface area (Å²) >= 11 is 0. The average Bonchev–Trinajstić information content (AvgIpc) is 3.83. The molecule has 5 amide bonds. The lowest BCUT2D eigenvalue weighted by molar-refractivity contribution is -0.166. The number of halogens is 2. The SMILES string of the molecule is Cc1ccc(NC(=O)NC(Cc2cc(F)cc(F)c2)C(=O)NC2C(C)OC(=O)C3CC(C)CN3C(=O)C(C)NC(O)C3CCCCN3C(=O)C3CCCN3C2O)cc1. The second-order valence-electron chi connectivity index (χ2n) is 16.3. The van der Waals surface area contributed by atoms with Gasteiger partial charge in [-0.25, -0.2) is 18.4 Å². The van der Waals surface area contributed by atoms with Crippen LogP contribution in [0.15, 0.2) is 42.5 Å². The zero-order valence-electron chi connectivity index (χ0n) is 33.3.